The summed E-state index contributed by atoms with van der Waals surface area (Å²) in [5.41, 5.74) is 11.9. The lowest BCUT2D eigenvalue weighted by atomic mass is 10.1. The van der Waals surface area contributed by atoms with E-state index in [1.807, 2.05) is 0 Å². The average Bonchev–Trinajstić information content (AvgIpc) is 1.88. The standard InChI is InChI=1S/C6H9N3O/c7-5-1-6(8)9-2-4(5)3-10/h1,3,10H,2,7H2,(H2,8,9). The van der Waals surface area contributed by atoms with Crippen LogP contribution in [-0.4, -0.2) is 17.5 Å². The summed E-state index contributed by atoms with van der Waals surface area (Å²) in [6, 6.07) is 0. The summed E-state index contributed by atoms with van der Waals surface area (Å²) >= 11 is 0. The van der Waals surface area contributed by atoms with Gasteiger partial charge in [-0.15, -0.1) is 0 Å². The van der Waals surface area contributed by atoms with Gasteiger partial charge in [0.1, 0.15) is 5.84 Å². The third-order valence-corrected chi connectivity index (χ3v) is 1.26. The van der Waals surface area contributed by atoms with Crippen LogP contribution < -0.4 is 11.5 Å². The fourth-order valence-electron chi connectivity index (χ4n) is 0.681. The fraction of sp³-hybridized carbons (Fsp3) is 0.167. The molecule has 0 aromatic rings. The van der Waals surface area contributed by atoms with Gasteiger partial charge in [-0.25, -0.2) is 0 Å². The minimum absolute atomic E-state index is 0.366. The highest BCUT2D eigenvalue weighted by molar-refractivity contribution is 5.93. The number of rotatable bonds is 0. The van der Waals surface area contributed by atoms with Crippen molar-refractivity contribution in [3.05, 3.63) is 23.6 Å². The van der Waals surface area contributed by atoms with Gasteiger partial charge in [-0.1, -0.05) is 0 Å². The molecular formula is C6H9N3O. The first kappa shape index (κ1) is 6.67. The van der Waals surface area contributed by atoms with Crippen LogP contribution in [-0.2, 0) is 0 Å². The molecule has 0 spiro atoms. The predicted molar refractivity (Wildman–Crippen MR) is 39.5 cm³/mol. The lowest BCUT2D eigenvalue weighted by molar-refractivity contribution is 0.467. The first-order valence-corrected chi connectivity index (χ1v) is 2.84. The van der Waals surface area contributed by atoms with Crippen molar-refractivity contribution in [2.45, 2.75) is 0 Å². The zero-order valence-corrected chi connectivity index (χ0v) is 5.41. The van der Waals surface area contributed by atoms with Crippen LogP contribution in [0.4, 0.5) is 0 Å². The molecule has 1 aliphatic rings. The summed E-state index contributed by atoms with van der Waals surface area (Å²) in [6.07, 6.45) is 2.47. The monoisotopic (exact) mass is 139 g/mol. The quantitative estimate of drug-likeness (QED) is 0.401. The average molecular weight is 139 g/mol. The van der Waals surface area contributed by atoms with Crippen molar-refractivity contribution in [3.8, 4) is 0 Å². The number of dihydropyridines is 1. The number of hydrogen-bond acceptors (Lipinski definition) is 4. The zero-order chi connectivity index (χ0) is 7.56. The lowest BCUT2D eigenvalue weighted by Gasteiger charge is -2.08. The van der Waals surface area contributed by atoms with Crippen LogP contribution in [0.1, 0.15) is 0 Å². The molecule has 1 aliphatic heterocycles. The second kappa shape index (κ2) is 2.43. The molecule has 0 atom stereocenters. The predicted octanol–water partition coefficient (Wildman–Crippen LogP) is -0.358. The number of nitrogens with two attached hydrogens (primary N) is 2. The molecule has 54 valence electrons. The first-order valence-electron chi connectivity index (χ1n) is 2.84. The number of aliphatic hydroxyl groups excluding tert-OH is 1. The van der Waals surface area contributed by atoms with E-state index >= 15 is 0 Å². The van der Waals surface area contributed by atoms with Gasteiger partial charge in [0.15, 0.2) is 0 Å². The molecule has 4 heteroatoms. The van der Waals surface area contributed by atoms with Gasteiger partial charge >= 0.3 is 0 Å². The van der Waals surface area contributed by atoms with E-state index in [0.717, 1.165) is 6.26 Å². The molecule has 0 aromatic heterocycles. The van der Waals surface area contributed by atoms with E-state index in [4.69, 9.17) is 16.6 Å². The zero-order valence-electron chi connectivity index (χ0n) is 5.41. The molecule has 10 heavy (non-hydrogen) atoms. The fourth-order valence-corrected chi connectivity index (χ4v) is 0.681. The number of aliphatic hydroxyl groups is 1. The third-order valence-electron chi connectivity index (χ3n) is 1.26. The van der Waals surface area contributed by atoms with Crippen molar-refractivity contribution in [1.82, 2.24) is 0 Å². The lowest BCUT2D eigenvalue weighted by Crippen LogP contribution is -2.19. The summed E-state index contributed by atoms with van der Waals surface area (Å²) in [4.78, 5) is 3.84. The molecule has 0 saturated heterocycles. The molecule has 0 amide bonds. The Morgan fingerprint density at radius 3 is 2.80 bits per heavy atom. The van der Waals surface area contributed by atoms with Crippen LogP contribution in [0.5, 0.6) is 0 Å². The maximum absolute atomic E-state index is 8.55. The molecule has 0 unspecified atom stereocenters. The summed E-state index contributed by atoms with van der Waals surface area (Å²) in [5.74, 6) is 0.406. The first-order chi connectivity index (χ1) is 4.74. The highest BCUT2D eigenvalue weighted by Crippen LogP contribution is 2.07. The van der Waals surface area contributed by atoms with Gasteiger partial charge in [0.2, 0.25) is 0 Å². The van der Waals surface area contributed by atoms with Gasteiger partial charge in [-0.3, -0.25) is 4.99 Å². The number of hydrogen-bond donors (Lipinski definition) is 3. The van der Waals surface area contributed by atoms with Gasteiger partial charge in [-0.05, 0) is 0 Å². The van der Waals surface area contributed by atoms with E-state index in [1.165, 1.54) is 6.08 Å². The van der Waals surface area contributed by atoms with Crippen molar-refractivity contribution < 1.29 is 5.11 Å². The topological polar surface area (TPSA) is 84.6 Å². The maximum Gasteiger partial charge on any atom is 0.120 e. The molecule has 0 aliphatic carbocycles. The minimum atomic E-state index is 0.366. The van der Waals surface area contributed by atoms with Crippen molar-refractivity contribution >= 4 is 5.84 Å². The normalized spacial score (nSPS) is 22.2. The Morgan fingerprint density at radius 1 is 1.60 bits per heavy atom. The Balaban J connectivity index is 2.88. The van der Waals surface area contributed by atoms with Gasteiger partial charge in [-0.2, -0.15) is 0 Å². The number of amidine groups is 1. The van der Waals surface area contributed by atoms with Crippen LogP contribution >= 0.6 is 0 Å². The molecule has 1 rings (SSSR count). The summed E-state index contributed by atoms with van der Waals surface area (Å²) in [7, 11) is 0. The van der Waals surface area contributed by atoms with E-state index in [-0.39, 0.29) is 0 Å². The van der Waals surface area contributed by atoms with E-state index in [2.05, 4.69) is 4.99 Å². The van der Waals surface area contributed by atoms with Gasteiger partial charge < -0.3 is 16.6 Å². The molecule has 0 radical (unpaired) electrons. The van der Waals surface area contributed by atoms with E-state index < -0.39 is 0 Å². The van der Waals surface area contributed by atoms with Crippen LogP contribution in [0.2, 0.25) is 0 Å². The molecule has 0 fully saturated rings. The molecule has 1 heterocycles. The number of aliphatic imine (C=N–C) groups is 1. The SMILES string of the molecule is NC1=CC(N)=NCC1=CO. The second-order valence-corrected chi connectivity index (χ2v) is 2.00. The van der Waals surface area contributed by atoms with Crippen molar-refractivity contribution in [3.63, 3.8) is 0 Å². The van der Waals surface area contributed by atoms with Crippen molar-refractivity contribution in [1.29, 1.82) is 0 Å². The summed E-state index contributed by atoms with van der Waals surface area (Å²) in [6.45, 7) is 0.366. The van der Waals surface area contributed by atoms with Crippen LogP contribution in [0.3, 0.4) is 0 Å². The van der Waals surface area contributed by atoms with E-state index in [9.17, 15) is 0 Å². The van der Waals surface area contributed by atoms with Crippen LogP contribution in [0.25, 0.3) is 0 Å². The van der Waals surface area contributed by atoms with Gasteiger partial charge in [0.25, 0.3) is 0 Å². The minimum Gasteiger partial charge on any atom is -0.515 e. The van der Waals surface area contributed by atoms with Crippen molar-refractivity contribution in [2.24, 2.45) is 16.5 Å². The van der Waals surface area contributed by atoms with E-state index in [0.29, 0.717) is 23.7 Å². The van der Waals surface area contributed by atoms with Gasteiger partial charge in [0, 0.05) is 17.3 Å². The third kappa shape index (κ3) is 1.10. The molecule has 0 aromatic carbocycles. The summed E-state index contributed by atoms with van der Waals surface area (Å²) < 4.78 is 0. The van der Waals surface area contributed by atoms with Crippen LogP contribution in [0.15, 0.2) is 28.6 Å². The summed E-state index contributed by atoms with van der Waals surface area (Å²) in [5, 5.41) is 8.55. The highest BCUT2D eigenvalue weighted by Gasteiger charge is 2.05. The molecule has 0 bridgehead atoms. The maximum atomic E-state index is 8.55. The second-order valence-electron chi connectivity index (χ2n) is 2.00. The van der Waals surface area contributed by atoms with Crippen LogP contribution in [0, 0.1) is 0 Å². The molecule has 0 saturated carbocycles. The molecule has 5 N–H and O–H groups in total. The van der Waals surface area contributed by atoms with E-state index in [1.54, 1.807) is 0 Å². The Morgan fingerprint density at radius 2 is 2.30 bits per heavy atom. The van der Waals surface area contributed by atoms with Gasteiger partial charge in [0.05, 0.1) is 12.8 Å². The highest BCUT2D eigenvalue weighted by atomic mass is 16.2. The molecular weight excluding hydrogens is 130 g/mol. The van der Waals surface area contributed by atoms with Crippen molar-refractivity contribution in [2.75, 3.05) is 6.54 Å². The smallest absolute Gasteiger partial charge is 0.120 e. The largest absolute Gasteiger partial charge is 0.515 e. The Bertz CT molecular complexity index is 227. The number of nitrogens with zero attached hydrogens (tertiary/aromatic N) is 1. The Kier molecular flexibility index (Phi) is 1.62. The molecule has 4 nitrogen and oxygen atoms in total. The Hall–Kier alpha value is -1.45. The Labute approximate surface area is 58.5 Å².